The molecular weight excluding hydrogens is 317 g/mol. The molecule has 2 aliphatic rings. The number of rotatable bonds is 1. The molecule has 0 aliphatic heterocycles. The van der Waals surface area contributed by atoms with E-state index in [2.05, 4.69) is 6.92 Å². The Morgan fingerprint density at radius 2 is 1.74 bits per heavy atom. The Balaban J connectivity index is 1.79. The first kappa shape index (κ1) is 15.3. The lowest BCUT2D eigenvalue weighted by molar-refractivity contribution is 0.314. The van der Waals surface area contributed by atoms with E-state index in [9.17, 15) is 8.78 Å². The van der Waals surface area contributed by atoms with Crippen molar-refractivity contribution in [1.29, 1.82) is 0 Å². The lowest BCUT2D eigenvalue weighted by atomic mass is 9.76. The largest absolute Gasteiger partial charge is 0.205 e. The lowest BCUT2D eigenvalue weighted by Gasteiger charge is -2.30. The van der Waals surface area contributed by atoms with Crippen LogP contribution in [-0.4, -0.2) is 0 Å². The molecule has 4 heteroatoms. The molecule has 0 saturated heterocycles. The molecule has 122 valence electrons. The van der Waals surface area contributed by atoms with Gasteiger partial charge in [0.1, 0.15) is 5.83 Å². The molecule has 2 aromatic rings. The van der Waals surface area contributed by atoms with Crippen molar-refractivity contribution in [2.75, 3.05) is 0 Å². The smallest absolute Gasteiger partial charge is 0.176 e. The highest BCUT2D eigenvalue weighted by Gasteiger charge is 2.30. The van der Waals surface area contributed by atoms with Gasteiger partial charge in [0.2, 0.25) is 0 Å². The second-order valence-electron chi connectivity index (χ2n) is 6.94. The minimum atomic E-state index is -0.859. The van der Waals surface area contributed by atoms with E-state index in [1.54, 1.807) is 6.07 Å². The Bertz CT molecular complexity index is 795. The zero-order valence-corrected chi connectivity index (χ0v) is 13.9. The molecule has 0 amide bonds. The third-order valence-corrected chi connectivity index (χ3v) is 6.72. The maximum absolute atomic E-state index is 15.1. The van der Waals surface area contributed by atoms with Crippen molar-refractivity contribution in [1.82, 2.24) is 0 Å². The Morgan fingerprint density at radius 3 is 2.48 bits per heavy atom. The van der Waals surface area contributed by atoms with Gasteiger partial charge in [0.05, 0.1) is 9.58 Å². The molecule has 0 N–H and O–H groups in total. The molecule has 1 aromatic carbocycles. The summed E-state index contributed by atoms with van der Waals surface area (Å²) in [4.78, 5) is 0.532. The van der Waals surface area contributed by atoms with Crippen molar-refractivity contribution in [3.05, 3.63) is 39.8 Å². The van der Waals surface area contributed by atoms with E-state index in [1.807, 2.05) is 0 Å². The van der Waals surface area contributed by atoms with Crippen molar-refractivity contribution < 1.29 is 13.2 Å². The molecule has 1 fully saturated rings. The minimum absolute atomic E-state index is 0.160. The Morgan fingerprint density at radius 1 is 1.00 bits per heavy atom. The molecule has 0 atom stereocenters. The van der Waals surface area contributed by atoms with E-state index in [1.165, 1.54) is 0 Å². The predicted molar refractivity (Wildman–Crippen MR) is 89.2 cm³/mol. The normalized spacial score (nSPS) is 25.0. The first-order valence-corrected chi connectivity index (χ1v) is 9.16. The van der Waals surface area contributed by atoms with Gasteiger partial charge in [-0.3, -0.25) is 0 Å². The van der Waals surface area contributed by atoms with Crippen LogP contribution in [0.5, 0.6) is 0 Å². The number of fused-ring (bicyclic) bond motifs is 3. The zero-order valence-electron chi connectivity index (χ0n) is 13.1. The van der Waals surface area contributed by atoms with Gasteiger partial charge in [-0.1, -0.05) is 25.8 Å². The molecule has 0 nitrogen and oxygen atoms in total. The van der Waals surface area contributed by atoms with Crippen LogP contribution in [0.15, 0.2) is 17.7 Å². The molecule has 23 heavy (non-hydrogen) atoms. The van der Waals surface area contributed by atoms with Gasteiger partial charge in [0.15, 0.2) is 11.6 Å². The molecule has 0 radical (unpaired) electrons. The van der Waals surface area contributed by atoms with Gasteiger partial charge < -0.3 is 0 Å². The molecular formula is C19H19F3S. The van der Waals surface area contributed by atoms with Crippen LogP contribution in [-0.2, 0) is 6.42 Å². The first-order chi connectivity index (χ1) is 11.1. The fraction of sp³-hybridized carbons (Fsp3) is 0.474. The van der Waals surface area contributed by atoms with Crippen LogP contribution >= 0.6 is 11.3 Å². The number of benzene rings is 1. The minimum Gasteiger partial charge on any atom is -0.205 e. The van der Waals surface area contributed by atoms with Gasteiger partial charge in [-0.15, -0.1) is 11.3 Å². The maximum Gasteiger partial charge on any atom is 0.176 e. The molecule has 0 unspecified atom stereocenters. The van der Waals surface area contributed by atoms with E-state index in [4.69, 9.17) is 0 Å². The van der Waals surface area contributed by atoms with Crippen molar-refractivity contribution in [2.45, 2.75) is 45.4 Å². The second kappa shape index (κ2) is 5.66. The predicted octanol–water partition coefficient (Wildman–Crippen LogP) is 6.63. The molecule has 1 heterocycles. The van der Waals surface area contributed by atoms with Crippen LogP contribution < -0.4 is 0 Å². The summed E-state index contributed by atoms with van der Waals surface area (Å²) >= 11 is 1.07. The molecule has 0 bridgehead atoms. The van der Waals surface area contributed by atoms with Gasteiger partial charge in [-0.05, 0) is 60.1 Å². The van der Waals surface area contributed by atoms with Crippen molar-refractivity contribution in [3.8, 4) is 0 Å². The van der Waals surface area contributed by atoms with Gasteiger partial charge in [0.25, 0.3) is 0 Å². The van der Waals surface area contributed by atoms with Crippen molar-refractivity contribution in [3.63, 3.8) is 0 Å². The number of halogens is 3. The van der Waals surface area contributed by atoms with Crippen LogP contribution in [0.1, 0.15) is 49.5 Å². The summed E-state index contributed by atoms with van der Waals surface area (Å²) in [6, 6.07) is 2.73. The number of aryl methyl sites for hydroxylation is 1. The average Bonchev–Trinajstić information content (AvgIpc) is 2.93. The van der Waals surface area contributed by atoms with E-state index < -0.39 is 11.6 Å². The monoisotopic (exact) mass is 336 g/mol. The first-order valence-electron chi connectivity index (χ1n) is 8.34. The number of allylic oxidation sites excluding steroid dienone is 1. The average molecular weight is 336 g/mol. The van der Waals surface area contributed by atoms with Crippen molar-refractivity contribution in [2.24, 2.45) is 11.8 Å². The highest BCUT2D eigenvalue weighted by molar-refractivity contribution is 7.20. The molecule has 1 saturated carbocycles. The second-order valence-corrected chi connectivity index (χ2v) is 7.96. The summed E-state index contributed by atoms with van der Waals surface area (Å²) in [6.45, 7) is 2.25. The van der Waals surface area contributed by atoms with E-state index in [-0.39, 0.29) is 10.5 Å². The maximum atomic E-state index is 15.1. The van der Waals surface area contributed by atoms with Crippen LogP contribution in [0.2, 0.25) is 0 Å². The summed E-state index contributed by atoms with van der Waals surface area (Å²) in [6.07, 6.45) is 5.85. The lowest BCUT2D eigenvalue weighted by Crippen LogP contribution is -2.17. The van der Waals surface area contributed by atoms with E-state index in [0.717, 1.165) is 66.6 Å². The number of hydrogen-bond donors (Lipinski definition) is 0. The summed E-state index contributed by atoms with van der Waals surface area (Å²) in [5.41, 5.74) is 1.77. The third kappa shape index (κ3) is 2.42. The van der Waals surface area contributed by atoms with E-state index in [0.29, 0.717) is 22.6 Å². The zero-order chi connectivity index (χ0) is 16.1. The standard InChI is InChI=1S/C19H19F3S/c1-10-2-4-11(5-3-10)12-6-7-13-14-8-9-15(20)17(22)19(14)23-18(13)16(12)21/h8-11H,2-7H2,1H3. The topological polar surface area (TPSA) is 0 Å². The highest BCUT2D eigenvalue weighted by atomic mass is 32.1. The van der Waals surface area contributed by atoms with Crippen LogP contribution in [0.3, 0.4) is 0 Å². The van der Waals surface area contributed by atoms with Crippen molar-refractivity contribution >= 4 is 27.2 Å². The summed E-state index contributed by atoms with van der Waals surface area (Å²) in [5.74, 6) is -0.807. The van der Waals surface area contributed by atoms with Crippen LogP contribution in [0.4, 0.5) is 13.2 Å². The third-order valence-electron chi connectivity index (χ3n) is 5.49. The molecule has 1 aromatic heterocycles. The number of thiophene rings is 1. The quantitative estimate of drug-likeness (QED) is 0.548. The van der Waals surface area contributed by atoms with Gasteiger partial charge in [0, 0.05) is 0 Å². The molecule has 0 spiro atoms. The highest BCUT2D eigenvalue weighted by Crippen LogP contribution is 2.47. The Kier molecular flexibility index (Phi) is 3.75. The summed E-state index contributed by atoms with van der Waals surface area (Å²) in [7, 11) is 0. The van der Waals surface area contributed by atoms with Gasteiger partial charge in [-0.25, -0.2) is 13.2 Å². The van der Waals surface area contributed by atoms with Gasteiger partial charge >= 0.3 is 0 Å². The fourth-order valence-corrected chi connectivity index (χ4v) is 5.34. The number of hydrogen-bond acceptors (Lipinski definition) is 1. The SMILES string of the molecule is CC1CCC(C2=C(F)c3sc4c(F)c(F)ccc4c3CC2)CC1. The molecule has 4 rings (SSSR count). The molecule has 2 aliphatic carbocycles. The Hall–Kier alpha value is -1.29. The Labute approximate surface area is 138 Å². The van der Waals surface area contributed by atoms with Gasteiger partial charge in [-0.2, -0.15) is 0 Å². The van der Waals surface area contributed by atoms with E-state index >= 15 is 4.39 Å². The van der Waals surface area contributed by atoms with Crippen LogP contribution in [0.25, 0.3) is 15.9 Å². The van der Waals surface area contributed by atoms with Crippen LogP contribution in [0, 0.1) is 23.5 Å². The summed E-state index contributed by atoms with van der Waals surface area (Å²) in [5, 5.41) is 0.676. The summed E-state index contributed by atoms with van der Waals surface area (Å²) < 4.78 is 42.8. The fourth-order valence-electron chi connectivity index (χ4n) is 4.09.